The monoisotopic (exact) mass is 267 g/mol. The molecule has 2 aromatic carbocycles. The van der Waals surface area contributed by atoms with Crippen molar-refractivity contribution in [3.63, 3.8) is 0 Å². The zero-order valence-electron chi connectivity index (χ0n) is 11.4. The molecule has 0 fully saturated rings. The summed E-state index contributed by atoms with van der Waals surface area (Å²) in [6.45, 7) is 3.27. The Labute approximate surface area is 117 Å². The van der Waals surface area contributed by atoms with Gasteiger partial charge in [-0.1, -0.05) is 29.8 Å². The van der Waals surface area contributed by atoms with Gasteiger partial charge in [-0.15, -0.1) is 0 Å². The molecule has 3 rings (SSSR count). The van der Waals surface area contributed by atoms with Crippen LogP contribution in [-0.2, 0) is 13.1 Å². The average Bonchev–Trinajstić information content (AvgIpc) is 2.85. The molecule has 1 aromatic heterocycles. The number of aromatic amines is 1. The summed E-state index contributed by atoms with van der Waals surface area (Å²) in [7, 11) is 0. The van der Waals surface area contributed by atoms with Gasteiger partial charge in [0.1, 0.15) is 11.6 Å². The number of nitrogens with one attached hydrogen (secondary N) is 2. The third kappa shape index (κ3) is 2.65. The fourth-order valence-electron chi connectivity index (χ4n) is 2.26. The number of rotatable bonds is 4. The van der Waals surface area contributed by atoms with Crippen molar-refractivity contribution < 1.29 is 5.11 Å². The van der Waals surface area contributed by atoms with E-state index in [-0.39, 0.29) is 0 Å². The number of aryl methyl sites for hydroxylation is 1. The van der Waals surface area contributed by atoms with E-state index in [1.54, 1.807) is 6.07 Å². The van der Waals surface area contributed by atoms with Crippen LogP contribution in [0.25, 0.3) is 11.0 Å². The van der Waals surface area contributed by atoms with Gasteiger partial charge in [-0.25, -0.2) is 4.98 Å². The molecule has 0 saturated carbocycles. The minimum atomic E-state index is 0.327. The predicted molar refractivity (Wildman–Crippen MR) is 79.5 cm³/mol. The molecule has 0 amide bonds. The summed E-state index contributed by atoms with van der Waals surface area (Å²) in [4.78, 5) is 7.78. The Bertz CT molecular complexity index is 700. The molecule has 4 nitrogen and oxygen atoms in total. The molecular weight excluding hydrogens is 250 g/mol. The number of hydrogen-bond acceptors (Lipinski definition) is 3. The molecule has 0 aliphatic carbocycles. The zero-order chi connectivity index (χ0) is 13.9. The molecule has 4 heteroatoms. The number of phenols is 1. The number of para-hydroxylation sites is 2. The summed E-state index contributed by atoms with van der Waals surface area (Å²) >= 11 is 0. The molecule has 0 spiro atoms. The van der Waals surface area contributed by atoms with Crippen LogP contribution in [0.15, 0.2) is 42.5 Å². The summed E-state index contributed by atoms with van der Waals surface area (Å²) in [5, 5.41) is 13.1. The van der Waals surface area contributed by atoms with E-state index in [0.717, 1.165) is 28.0 Å². The number of nitrogens with zero attached hydrogens (tertiary/aromatic N) is 1. The van der Waals surface area contributed by atoms with Crippen molar-refractivity contribution in [3.8, 4) is 5.75 Å². The molecule has 20 heavy (non-hydrogen) atoms. The number of aromatic hydroxyl groups is 1. The van der Waals surface area contributed by atoms with Gasteiger partial charge >= 0.3 is 0 Å². The smallest absolute Gasteiger partial charge is 0.121 e. The number of aromatic nitrogens is 2. The molecule has 0 saturated heterocycles. The summed E-state index contributed by atoms with van der Waals surface area (Å²) in [5.41, 5.74) is 4.06. The molecule has 0 aliphatic heterocycles. The van der Waals surface area contributed by atoms with E-state index in [1.165, 1.54) is 0 Å². The van der Waals surface area contributed by atoms with Crippen LogP contribution in [-0.4, -0.2) is 15.1 Å². The van der Waals surface area contributed by atoms with Crippen LogP contribution in [0, 0.1) is 6.92 Å². The Morgan fingerprint density at radius 3 is 2.85 bits per heavy atom. The van der Waals surface area contributed by atoms with Gasteiger partial charge in [-0.05, 0) is 25.1 Å². The molecule has 0 atom stereocenters. The summed E-state index contributed by atoms with van der Waals surface area (Å²) in [6, 6.07) is 13.6. The first-order valence-corrected chi connectivity index (χ1v) is 6.65. The van der Waals surface area contributed by atoms with Gasteiger partial charge in [0.25, 0.3) is 0 Å². The lowest BCUT2D eigenvalue weighted by Gasteiger charge is -2.06. The van der Waals surface area contributed by atoms with Gasteiger partial charge in [0, 0.05) is 12.1 Å². The van der Waals surface area contributed by atoms with E-state index >= 15 is 0 Å². The van der Waals surface area contributed by atoms with Gasteiger partial charge in [0.2, 0.25) is 0 Å². The van der Waals surface area contributed by atoms with Crippen LogP contribution in [0.3, 0.4) is 0 Å². The van der Waals surface area contributed by atoms with Crippen molar-refractivity contribution in [2.75, 3.05) is 0 Å². The van der Waals surface area contributed by atoms with E-state index in [0.29, 0.717) is 18.8 Å². The first-order chi connectivity index (χ1) is 9.72. The Balaban J connectivity index is 1.66. The number of phenolic OH excluding ortho intramolecular Hbond substituents is 1. The van der Waals surface area contributed by atoms with Crippen LogP contribution in [0.2, 0.25) is 0 Å². The minimum absolute atomic E-state index is 0.327. The summed E-state index contributed by atoms with van der Waals surface area (Å²) in [5.74, 6) is 1.23. The van der Waals surface area contributed by atoms with Crippen molar-refractivity contribution in [1.82, 2.24) is 15.3 Å². The minimum Gasteiger partial charge on any atom is -0.508 e. The third-order valence-electron chi connectivity index (χ3n) is 3.28. The SMILES string of the molecule is Cc1ccc(O)c(CNCc2nc3ccccc3[nH]2)c1. The molecule has 0 unspecified atom stereocenters. The molecule has 102 valence electrons. The van der Waals surface area contributed by atoms with Gasteiger partial charge in [0.05, 0.1) is 17.6 Å². The highest BCUT2D eigenvalue weighted by molar-refractivity contribution is 5.74. The maximum atomic E-state index is 9.78. The number of fused-ring (bicyclic) bond motifs is 1. The topological polar surface area (TPSA) is 60.9 Å². The van der Waals surface area contributed by atoms with Crippen LogP contribution in [0.5, 0.6) is 5.75 Å². The average molecular weight is 267 g/mol. The standard InChI is InChI=1S/C16H17N3O/c1-11-6-7-15(20)12(8-11)9-17-10-16-18-13-4-2-3-5-14(13)19-16/h2-8,17,20H,9-10H2,1H3,(H,18,19). The van der Waals surface area contributed by atoms with Crippen LogP contribution in [0.4, 0.5) is 0 Å². The molecule has 0 bridgehead atoms. The molecule has 0 radical (unpaired) electrons. The van der Waals surface area contributed by atoms with E-state index in [2.05, 4.69) is 15.3 Å². The summed E-state index contributed by atoms with van der Waals surface area (Å²) in [6.07, 6.45) is 0. The Morgan fingerprint density at radius 1 is 1.15 bits per heavy atom. The second kappa shape index (κ2) is 5.35. The number of benzene rings is 2. The van der Waals surface area contributed by atoms with E-state index in [4.69, 9.17) is 0 Å². The number of hydrogen-bond donors (Lipinski definition) is 3. The van der Waals surface area contributed by atoms with Crippen molar-refractivity contribution in [2.24, 2.45) is 0 Å². The largest absolute Gasteiger partial charge is 0.508 e. The van der Waals surface area contributed by atoms with Crippen LogP contribution in [0.1, 0.15) is 17.0 Å². The normalized spacial score (nSPS) is 11.1. The highest BCUT2D eigenvalue weighted by Gasteiger charge is 2.03. The number of H-pyrrole nitrogens is 1. The van der Waals surface area contributed by atoms with Gasteiger partial charge in [-0.3, -0.25) is 0 Å². The zero-order valence-corrected chi connectivity index (χ0v) is 11.4. The van der Waals surface area contributed by atoms with Crippen molar-refractivity contribution in [2.45, 2.75) is 20.0 Å². The predicted octanol–water partition coefficient (Wildman–Crippen LogP) is 2.87. The molecule has 3 N–H and O–H groups in total. The molecule has 1 heterocycles. The lowest BCUT2D eigenvalue weighted by molar-refractivity contribution is 0.464. The number of imidazole rings is 1. The van der Waals surface area contributed by atoms with Crippen molar-refractivity contribution in [1.29, 1.82) is 0 Å². The molecule has 0 aliphatic rings. The Kier molecular flexibility index (Phi) is 3.39. The maximum Gasteiger partial charge on any atom is 0.121 e. The fourth-order valence-corrected chi connectivity index (χ4v) is 2.26. The first-order valence-electron chi connectivity index (χ1n) is 6.65. The van der Waals surface area contributed by atoms with Gasteiger partial charge < -0.3 is 15.4 Å². The van der Waals surface area contributed by atoms with Crippen molar-refractivity contribution >= 4 is 11.0 Å². The lowest BCUT2D eigenvalue weighted by atomic mass is 10.1. The van der Waals surface area contributed by atoms with E-state index in [1.807, 2.05) is 43.3 Å². The summed E-state index contributed by atoms with van der Waals surface area (Å²) < 4.78 is 0. The van der Waals surface area contributed by atoms with Gasteiger partial charge in [-0.2, -0.15) is 0 Å². The Morgan fingerprint density at radius 2 is 2.00 bits per heavy atom. The van der Waals surface area contributed by atoms with Crippen molar-refractivity contribution in [3.05, 3.63) is 59.4 Å². The van der Waals surface area contributed by atoms with Gasteiger partial charge in [0.15, 0.2) is 0 Å². The lowest BCUT2D eigenvalue weighted by Crippen LogP contribution is -2.13. The highest BCUT2D eigenvalue weighted by Crippen LogP contribution is 2.18. The first kappa shape index (κ1) is 12.7. The second-order valence-corrected chi connectivity index (χ2v) is 4.94. The third-order valence-corrected chi connectivity index (χ3v) is 3.28. The van der Waals surface area contributed by atoms with E-state index in [9.17, 15) is 5.11 Å². The van der Waals surface area contributed by atoms with E-state index < -0.39 is 0 Å². The fraction of sp³-hybridized carbons (Fsp3) is 0.188. The molecular formula is C16H17N3O. The Hall–Kier alpha value is -2.33. The van der Waals surface area contributed by atoms with Crippen LogP contribution < -0.4 is 5.32 Å². The second-order valence-electron chi connectivity index (χ2n) is 4.94. The highest BCUT2D eigenvalue weighted by atomic mass is 16.3. The van der Waals surface area contributed by atoms with Crippen LogP contribution >= 0.6 is 0 Å². The quantitative estimate of drug-likeness (QED) is 0.681. The maximum absolute atomic E-state index is 9.78. The molecule has 3 aromatic rings.